The molecule has 1 aromatic heterocycles. The summed E-state index contributed by atoms with van der Waals surface area (Å²) in [4.78, 5) is 16.9. The van der Waals surface area contributed by atoms with E-state index in [1.165, 1.54) is 18.2 Å². The maximum atomic E-state index is 13.7. The van der Waals surface area contributed by atoms with Crippen LogP contribution in [0.2, 0.25) is 10.0 Å². The van der Waals surface area contributed by atoms with Gasteiger partial charge < -0.3 is 9.88 Å². The molecule has 0 saturated heterocycles. The van der Waals surface area contributed by atoms with Crippen LogP contribution in [0.5, 0.6) is 0 Å². The molecule has 8 heteroatoms. The van der Waals surface area contributed by atoms with Crippen molar-refractivity contribution in [3.05, 3.63) is 87.4 Å². The first-order valence-corrected chi connectivity index (χ1v) is 8.30. The second kappa shape index (κ2) is 7.43. The van der Waals surface area contributed by atoms with Crippen LogP contribution in [0.1, 0.15) is 27.8 Å². The minimum absolute atomic E-state index is 0.00623. The maximum absolute atomic E-state index is 13.7. The molecule has 1 atom stereocenters. The number of aryl methyl sites for hydroxylation is 1. The predicted octanol–water partition coefficient (Wildman–Crippen LogP) is 4.52. The summed E-state index contributed by atoms with van der Waals surface area (Å²) >= 11 is 11.7. The second-order valence-corrected chi connectivity index (χ2v) is 6.42. The number of aromatic nitrogens is 2. The quantitative estimate of drug-likeness (QED) is 0.659. The Hall–Kier alpha value is -2.44. The average molecular weight is 396 g/mol. The average Bonchev–Trinajstić information content (AvgIpc) is 3.01. The number of nitrogens with zero attached hydrogens (tertiary/aromatic N) is 2. The standard InChI is InChI=1S/C18H13Cl2F2N3O/c1-25-6-5-23-17(25)16(10-3-2-4-11(21)7-10)24-18(26)12-8-15(22)14(20)9-13(12)19/h2-9,16H,1H3,(H,24,26). The van der Waals surface area contributed by atoms with E-state index in [0.717, 1.165) is 12.1 Å². The largest absolute Gasteiger partial charge is 0.338 e. The fourth-order valence-electron chi connectivity index (χ4n) is 2.54. The summed E-state index contributed by atoms with van der Waals surface area (Å²) in [5, 5.41) is 2.55. The summed E-state index contributed by atoms with van der Waals surface area (Å²) in [5.41, 5.74) is 0.405. The Morgan fingerprint density at radius 1 is 1.19 bits per heavy atom. The van der Waals surface area contributed by atoms with Crippen molar-refractivity contribution in [2.45, 2.75) is 6.04 Å². The lowest BCUT2D eigenvalue weighted by molar-refractivity contribution is 0.0940. The Morgan fingerprint density at radius 3 is 2.62 bits per heavy atom. The molecule has 0 saturated carbocycles. The minimum Gasteiger partial charge on any atom is -0.338 e. The smallest absolute Gasteiger partial charge is 0.253 e. The first-order chi connectivity index (χ1) is 12.4. The van der Waals surface area contributed by atoms with Crippen LogP contribution < -0.4 is 5.32 Å². The highest BCUT2D eigenvalue weighted by Crippen LogP contribution is 2.26. The molecule has 134 valence electrons. The summed E-state index contributed by atoms with van der Waals surface area (Å²) in [6.07, 6.45) is 3.26. The SMILES string of the molecule is Cn1ccnc1C(NC(=O)c1cc(F)c(Cl)cc1Cl)c1cccc(F)c1. The number of amides is 1. The lowest BCUT2D eigenvalue weighted by atomic mass is 10.0. The van der Waals surface area contributed by atoms with E-state index in [9.17, 15) is 13.6 Å². The van der Waals surface area contributed by atoms with Crippen molar-refractivity contribution in [2.24, 2.45) is 7.05 Å². The molecule has 0 fully saturated rings. The molecule has 1 amide bonds. The molecule has 0 aliphatic heterocycles. The van der Waals surface area contributed by atoms with Crippen LogP contribution in [-0.2, 0) is 7.05 Å². The van der Waals surface area contributed by atoms with Crippen molar-refractivity contribution in [1.29, 1.82) is 0 Å². The van der Waals surface area contributed by atoms with Crippen molar-refractivity contribution in [3.8, 4) is 0 Å². The fourth-order valence-corrected chi connectivity index (χ4v) is 3.01. The third-order valence-electron chi connectivity index (χ3n) is 3.83. The number of rotatable bonds is 4. The van der Waals surface area contributed by atoms with Crippen LogP contribution in [0, 0.1) is 11.6 Å². The topological polar surface area (TPSA) is 46.9 Å². The van der Waals surface area contributed by atoms with Gasteiger partial charge in [0.15, 0.2) is 0 Å². The van der Waals surface area contributed by atoms with Gasteiger partial charge in [-0.3, -0.25) is 4.79 Å². The number of imidazole rings is 1. The molecule has 0 aliphatic carbocycles. The Labute approximate surface area is 158 Å². The molecule has 0 radical (unpaired) electrons. The highest BCUT2D eigenvalue weighted by molar-refractivity contribution is 6.36. The molecule has 0 aliphatic rings. The molecule has 26 heavy (non-hydrogen) atoms. The van der Waals surface area contributed by atoms with Gasteiger partial charge in [0, 0.05) is 19.4 Å². The van der Waals surface area contributed by atoms with E-state index in [1.54, 1.807) is 30.1 Å². The number of carbonyl (C=O) groups is 1. The molecule has 1 heterocycles. The minimum atomic E-state index is -0.763. The summed E-state index contributed by atoms with van der Waals surface area (Å²) in [6, 6.07) is 7.14. The van der Waals surface area contributed by atoms with E-state index in [4.69, 9.17) is 23.2 Å². The number of benzene rings is 2. The van der Waals surface area contributed by atoms with Gasteiger partial charge >= 0.3 is 0 Å². The molecule has 3 rings (SSSR count). The van der Waals surface area contributed by atoms with Gasteiger partial charge in [-0.05, 0) is 29.8 Å². The van der Waals surface area contributed by atoms with Gasteiger partial charge in [0.1, 0.15) is 23.5 Å². The lowest BCUT2D eigenvalue weighted by Gasteiger charge is -2.20. The zero-order chi connectivity index (χ0) is 18.8. The van der Waals surface area contributed by atoms with E-state index >= 15 is 0 Å². The highest BCUT2D eigenvalue weighted by atomic mass is 35.5. The zero-order valence-corrected chi connectivity index (χ0v) is 15.0. The van der Waals surface area contributed by atoms with Crippen LogP contribution in [0.3, 0.4) is 0 Å². The van der Waals surface area contributed by atoms with E-state index in [-0.39, 0.29) is 15.6 Å². The summed E-state index contributed by atoms with van der Waals surface area (Å²) < 4.78 is 29.1. The molecule has 1 unspecified atom stereocenters. The van der Waals surface area contributed by atoms with Gasteiger partial charge in [0.05, 0.1) is 15.6 Å². The van der Waals surface area contributed by atoms with Gasteiger partial charge in [-0.15, -0.1) is 0 Å². The Morgan fingerprint density at radius 2 is 1.96 bits per heavy atom. The zero-order valence-electron chi connectivity index (χ0n) is 13.5. The third kappa shape index (κ3) is 3.71. The van der Waals surface area contributed by atoms with Crippen molar-refractivity contribution >= 4 is 29.1 Å². The van der Waals surface area contributed by atoms with E-state index < -0.39 is 23.6 Å². The number of nitrogens with one attached hydrogen (secondary N) is 1. The highest BCUT2D eigenvalue weighted by Gasteiger charge is 2.23. The van der Waals surface area contributed by atoms with Gasteiger partial charge in [0.2, 0.25) is 0 Å². The molecule has 1 N–H and O–H groups in total. The first kappa shape index (κ1) is 18.4. The van der Waals surface area contributed by atoms with Gasteiger partial charge in [0.25, 0.3) is 5.91 Å². The van der Waals surface area contributed by atoms with Gasteiger partial charge in [-0.25, -0.2) is 13.8 Å². The van der Waals surface area contributed by atoms with Crippen molar-refractivity contribution in [2.75, 3.05) is 0 Å². The Bertz CT molecular complexity index is 975. The number of hydrogen-bond acceptors (Lipinski definition) is 2. The van der Waals surface area contributed by atoms with Crippen LogP contribution >= 0.6 is 23.2 Å². The van der Waals surface area contributed by atoms with E-state index in [1.807, 2.05) is 0 Å². The van der Waals surface area contributed by atoms with Crippen LogP contribution in [-0.4, -0.2) is 15.5 Å². The molecular formula is C18H13Cl2F2N3O. The molecule has 4 nitrogen and oxygen atoms in total. The normalized spacial score (nSPS) is 12.0. The monoisotopic (exact) mass is 395 g/mol. The van der Waals surface area contributed by atoms with E-state index in [2.05, 4.69) is 10.3 Å². The van der Waals surface area contributed by atoms with Gasteiger partial charge in [-0.1, -0.05) is 35.3 Å². The second-order valence-electron chi connectivity index (χ2n) is 5.60. The van der Waals surface area contributed by atoms with Crippen molar-refractivity contribution in [3.63, 3.8) is 0 Å². The van der Waals surface area contributed by atoms with Crippen molar-refractivity contribution in [1.82, 2.24) is 14.9 Å². The van der Waals surface area contributed by atoms with Crippen LogP contribution in [0.25, 0.3) is 0 Å². The number of hydrogen-bond donors (Lipinski definition) is 1. The lowest BCUT2D eigenvalue weighted by Crippen LogP contribution is -2.31. The van der Waals surface area contributed by atoms with Crippen LogP contribution in [0.4, 0.5) is 8.78 Å². The Balaban J connectivity index is 2.00. The third-order valence-corrected chi connectivity index (χ3v) is 4.43. The molecule has 0 spiro atoms. The summed E-state index contributed by atoms with van der Waals surface area (Å²) in [7, 11) is 1.75. The number of halogens is 4. The Kier molecular flexibility index (Phi) is 5.25. The molecule has 2 aromatic carbocycles. The summed E-state index contributed by atoms with van der Waals surface area (Å²) in [5.74, 6) is -1.37. The fraction of sp³-hybridized carbons (Fsp3) is 0.111. The van der Waals surface area contributed by atoms with Gasteiger partial charge in [-0.2, -0.15) is 0 Å². The van der Waals surface area contributed by atoms with Crippen molar-refractivity contribution < 1.29 is 13.6 Å². The molecule has 0 bridgehead atoms. The van der Waals surface area contributed by atoms with Crippen LogP contribution in [0.15, 0.2) is 48.8 Å². The summed E-state index contributed by atoms with van der Waals surface area (Å²) in [6.45, 7) is 0. The predicted molar refractivity (Wildman–Crippen MR) is 95.3 cm³/mol. The maximum Gasteiger partial charge on any atom is 0.253 e. The number of carbonyl (C=O) groups excluding carboxylic acids is 1. The van der Waals surface area contributed by atoms with E-state index in [0.29, 0.717) is 11.4 Å². The molecule has 3 aromatic rings. The first-order valence-electron chi connectivity index (χ1n) is 7.55. The molecular weight excluding hydrogens is 383 g/mol.